The number of anilines is 1. The van der Waals surface area contributed by atoms with Gasteiger partial charge in [0, 0.05) is 6.54 Å². The Morgan fingerprint density at radius 2 is 2.00 bits per heavy atom. The summed E-state index contributed by atoms with van der Waals surface area (Å²) in [6, 6.07) is 3.85. The molecule has 0 aromatic heterocycles. The summed E-state index contributed by atoms with van der Waals surface area (Å²) in [6.45, 7) is 2.44. The van der Waals surface area contributed by atoms with Crippen LogP contribution in [-0.2, 0) is 24.8 Å². The van der Waals surface area contributed by atoms with Crippen molar-refractivity contribution in [2.45, 2.75) is 18.2 Å². The van der Waals surface area contributed by atoms with Crippen LogP contribution in [0, 0.1) is 5.92 Å². The first-order valence-electron chi connectivity index (χ1n) is 8.39. The Morgan fingerprint density at radius 1 is 1.33 bits per heavy atom. The van der Waals surface area contributed by atoms with Crippen molar-refractivity contribution < 1.29 is 26.4 Å². The second-order valence-corrected chi connectivity index (χ2v) is 10.3. The third kappa shape index (κ3) is 4.78. The zero-order valence-corrected chi connectivity index (χ0v) is 17.4. The molecule has 1 amide bonds. The molecule has 152 valence electrons. The number of nitrogens with zero attached hydrogens (tertiary/aromatic N) is 2. The van der Waals surface area contributed by atoms with E-state index in [1.807, 2.05) is 19.0 Å². The predicted octanol–water partition coefficient (Wildman–Crippen LogP) is 0.238. The van der Waals surface area contributed by atoms with Crippen LogP contribution in [0.2, 0.25) is 0 Å². The molecule has 0 saturated carbocycles. The summed E-state index contributed by atoms with van der Waals surface area (Å²) < 4.78 is 58.2. The van der Waals surface area contributed by atoms with Gasteiger partial charge in [-0.25, -0.2) is 25.9 Å². The SMILES string of the molecule is COc1ccc(N2C(=O)C(C)CS2(=O)=O)cc1S(=O)(=O)NCCCN(C)C. The van der Waals surface area contributed by atoms with Gasteiger partial charge < -0.3 is 9.64 Å². The average molecular weight is 420 g/mol. The Bertz CT molecular complexity index is 912. The highest BCUT2D eigenvalue weighted by molar-refractivity contribution is 7.94. The number of hydrogen-bond donors (Lipinski definition) is 1. The Hall–Kier alpha value is -1.69. The van der Waals surface area contributed by atoms with E-state index in [0.717, 1.165) is 6.07 Å². The molecule has 0 bridgehead atoms. The smallest absolute Gasteiger partial charge is 0.244 e. The van der Waals surface area contributed by atoms with E-state index in [4.69, 9.17) is 4.74 Å². The fraction of sp³-hybridized carbons (Fsp3) is 0.562. The van der Waals surface area contributed by atoms with Crippen LogP contribution in [0.25, 0.3) is 0 Å². The van der Waals surface area contributed by atoms with Crippen molar-refractivity contribution in [2.75, 3.05) is 44.4 Å². The van der Waals surface area contributed by atoms with Gasteiger partial charge in [-0.15, -0.1) is 0 Å². The predicted molar refractivity (Wildman–Crippen MR) is 102 cm³/mol. The van der Waals surface area contributed by atoms with Gasteiger partial charge in [0.2, 0.25) is 26.0 Å². The van der Waals surface area contributed by atoms with E-state index in [9.17, 15) is 21.6 Å². The fourth-order valence-corrected chi connectivity index (χ4v) is 5.84. The van der Waals surface area contributed by atoms with Crippen LogP contribution in [0.15, 0.2) is 23.1 Å². The first kappa shape index (κ1) is 21.6. The molecule has 11 heteroatoms. The van der Waals surface area contributed by atoms with E-state index >= 15 is 0 Å². The lowest BCUT2D eigenvalue weighted by Crippen LogP contribution is -2.31. The van der Waals surface area contributed by atoms with E-state index in [2.05, 4.69) is 4.72 Å². The molecule has 0 radical (unpaired) electrons. The highest BCUT2D eigenvalue weighted by Gasteiger charge is 2.42. The highest BCUT2D eigenvalue weighted by atomic mass is 32.2. The molecule has 2 rings (SSSR count). The van der Waals surface area contributed by atoms with Crippen LogP contribution in [-0.4, -0.2) is 67.7 Å². The van der Waals surface area contributed by atoms with E-state index in [0.29, 0.717) is 17.3 Å². The molecule has 1 fully saturated rings. The van der Waals surface area contributed by atoms with Crippen molar-refractivity contribution in [3.05, 3.63) is 18.2 Å². The average Bonchev–Trinajstić information content (AvgIpc) is 2.78. The molecule has 1 aliphatic heterocycles. The number of methoxy groups -OCH3 is 1. The monoisotopic (exact) mass is 419 g/mol. The molecular formula is C16H25N3O6S2. The maximum absolute atomic E-state index is 12.7. The number of ether oxygens (including phenoxy) is 1. The van der Waals surface area contributed by atoms with Crippen molar-refractivity contribution in [2.24, 2.45) is 5.92 Å². The molecule has 0 aliphatic carbocycles. The maximum atomic E-state index is 12.7. The van der Waals surface area contributed by atoms with Crippen LogP contribution < -0.4 is 13.8 Å². The van der Waals surface area contributed by atoms with Crippen molar-refractivity contribution in [1.82, 2.24) is 9.62 Å². The lowest BCUT2D eigenvalue weighted by atomic mass is 10.2. The molecule has 27 heavy (non-hydrogen) atoms. The zero-order chi connectivity index (χ0) is 20.4. The summed E-state index contributed by atoms with van der Waals surface area (Å²) in [5, 5.41) is 0. The van der Waals surface area contributed by atoms with Gasteiger partial charge in [-0.3, -0.25) is 4.79 Å². The number of nitrogens with one attached hydrogen (secondary N) is 1. The number of carbonyl (C=O) groups excluding carboxylic acids is 1. The number of hydrogen-bond acceptors (Lipinski definition) is 7. The van der Waals surface area contributed by atoms with Crippen molar-refractivity contribution >= 4 is 31.6 Å². The first-order chi connectivity index (χ1) is 12.5. The summed E-state index contributed by atoms with van der Waals surface area (Å²) in [6.07, 6.45) is 0.602. The quantitative estimate of drug-likeness (QED) is 0.601. The van der Waals surface area contributed by atoms with Crippen LogP contribution in [0.3, 0.4) is 0 Å². The molecule has 9 nitrogen and oxygen atoms in total. The van der Waals surface area contributed by atoms with Crippen LogP contribution in [0.4, 0.5) is 5.69 Å². The van der Waals surface area contributed by atoms with Gasteiger partial charge in [-0.1, -0.05) is 6.92 Å². The lowest BCUT2D eigenvalue weighted by Gasteiger charge is -2.18. The van der Waals surface area contributed by atoms with Gasteiger partial charge in [0.25, 0.3) is 0 Å². The number of sulfonamides is 2. The lowest BCUT2D eigenvalue weighted by molar-refractivity contribution is -0.119. The number of benzene rings is 1. The Kier molecular flexibility index (Phi) is 6.51. The molecule has 1 heterocycles. The van der Waals surface area contributed by atoms with Crippen LogP contribution in [0.1, 0.15) is 13.3 Å². The van der Waals surface area contributed by atoms with Gasteiger partial charge in [0.15, 0.2) is 0 Å². The second kappa shape index (κ2) is 8.13. The Balaban J connectivity index is 2.37. The Morgan fingerprint density at radius 3 is 2.52 bits per heavy atom. The van der Waals surface area contributed by atoms with Gasteiger partial charge in [0.05, 0.1) is 24.5 Å². The second-order valence-electron chi connectivity index (χ2n) is 6.67. The molecule has 0 spiro atoms. The minimum atomic E-state index is -3.95. The van der Waals surface area contributed by atoms with E-state index in [1.165, 1.54) is 26.2 Å². The third-order valence-electron chi connectivity index (χ3n) is 4.11. The fourth-order valence-electron chi connectivity index (χ4n) is 2.77. The normalized spacial score (nSPS) is 19.7. The molecule has 1 aromatic rings. The van der Waals surface area contributed by atoms with Crippen LogP contribution in [0.5, 0.6) is 5.75 Å². The molecular weight excluding hydrogens is 394 g/mol. The summed E-state index contributed by atoms with van der Waals surface area (Å²) in [7, 11) is -2.69. The minimum Gasteiger partial charge on any atom is -0.495 e. The van der Waals surface area contributed by atoms with E-state index < -0.39 is 31.9 Å². The minimum absolute atomic E-state index is 0.0150. The highest BCUT2D eigenvalue weighted by Crippen LogP contribution is 2.33. The number of amides is 1. The van der Waals surface area contributed by atoms with Crippen LogP contribution >= 0.6 is 0 Å². The van der Waals surface area contributed by atoms with Gasteiger partial charge >= 0.3 is 0 Å². The maximum Gasteiger partial charge on any atom is 0.244 e. The summed E-state index contributed by atoms with van der Waals surface area (Å²) in [5.41, 5.74) is -0.0150. The third-order valence-corrected chi connectivity index (χ3v) is 7.46. The van der Waals surface area contributed by atoms with E-state index in [-0.39, 0.29) is 28.6 Å². The van der Waals surface area contributed by atoms with Crippen molar-refractivity contribution in [3.63, 3.8) is 0 Å². The molecule has 1 aromatic carbocycles. The van der Waals surface area contributed by atoms with Crippen molar-refractivity contribution in [1.29, 1.82) is 0 Å². The zero-order valence-electron chi connectivity index (χ0n) is 15.8. The standard InChI is InChI=1S/C16H25N3O6S2/c1-12-11-26(21,22)19(16(12)20)13-6-7-14(25-4)15(10-13)27(23,24)17-8-5-9-18(2)3/h6-7,10,12,17H,5,8-9,11H2,1-4H3. The summed E-state index contributed by atoms with van der Waals surface area (Å²) >= 11 is 0. The topological polar surface area (TPSA) is 113 Å². The molecule has 1 unspecified atom stereocenters. The van der Waals surface area contributed by atoms with Gasteiger partial charge in [-0.05, 0) is 45.3 Å². The molecule has 1 aliphatic rings. The summed E-state index contributed by atoms with van der Waals surface area (Å²) in [4.78, 5) is 14.0. The largest absolute Gasteiger partial charge is 0.495 e. The molecule has 1 N–H and O–H groups in total. The number of carbonyl (C=O) groups is 1. The van der Waals surface area contributed by atoms with Crippen molar-refractivity contribution in [3.8, 4) is 5.75 Å². The summed E-state index contributed by atoms with van der Waals surface area (Å²) in [5.74, 6) is -1.50. The van der Waals surface area contributed by atoms with Gasteiger partial charge in [-0.2, -0.15) is 0 Å². The first-order valence-corrected chi connectivity index (χ1v) is 11.5. The Labute approximate surface area is 160 Å². The molecule has 1 atom stereocenters. The van der Waals surface area contributed by atoms with Gasteiger partial charge in [0.1, 0.15) is 10.6 Å². The number of rotatable bonds is 8. The van der Waals surface area contributed by atoms with E-state index in [1.54, 1.807) is 0 Å². The molecule has 1 saturated heterocycles.